The molecule has 10 nitrogen and oxygen atoms in total. The predicted molar refractivity (Wildman–Crippen MR) is 56.7 cm³/mol. The van der Waals surface area contributed by atoms with E-state index in [4.69, 9.17) is 30.7 Å². The Morgan fingerprint density at radius 2 is 1.56 bits per heavy atom. The summed E-state index contributed by atoms with van der Waals surface area (Å²) in [6.07, 6.45) is 1.42. The van der Waals surface area contributed by atoms with Gasteiger partial charge in [-0.3, -0.25) is 0 Å². The molecule has 0 aliphatic rings. The van der Waals surface area contributed by atoms with E-state index in [0.717, 1.165) is 0 Å². The third kappa shape index (κ3) is 8.84. The minimum atomic E-state index is -4.64. The van der Waals surface area contributed by atoms with E-state index in [-0.39, 0.29) is 11.9 Å². The molecule has 90 valence electrons. The topological polar surface area (TPSA) is 180 Å². The van der Waals surface area contributed by atoms with Gasteiger partial charge in [0.1, 0.15) is 0 Å². The Labute approximate surface area is 90.3 Å². The van der Waals surface area contributed by atoms with Gasteiger partial charge in [-0.25, -0.2) is 4.57 Å². The number of rotatable bonds is 2. The SMILES string of the molecule is C=CNc1nc(N)nc(N)n1.O=P(O)(O)O. The van der Waals surface area contributed by atoms with E-state index in [2.05, 4.69) is 26.8 Å². The molecule has 0 saturated heterocycles. The van der Waals surface area contributed by atoms with Gasteiger partial charge < -0.3 is 31.5 Å². The van der Waals surface area contributed by atoms with Gasteiger partial charge in [-0.1, -0.05) is 6.58 Å². The Morgan fingerprint density at radius 1 is 1.19 bits per heavy atom. The molecule has 0 amide bonds. The van der Waals surface area contributed by atoms with Gasteiger partial charge in [0, 0.05) is 0 Å². The fourth-order valence-electron chi connectivity index (χ4n) is 0.565. The highest BCUT2D eigenvalue weighted by atomic mass is 31.2. The molecule has 0 aliphatic heterocycles. The van der Waals surface area contributed by atoms with Crippen LogP contribution >= 0.6 is 7.82 Å². The highest BCUT2D eigenvalue weighted by Gasteiger charge is 2.00. The van der Waals surface area contributed by atoms with Gasteiger partial charge in [-0.05, 0) is 6.20 Å². The number of nitrogens with one attached hydrogen (secondary N) is 1. The van der Waals surface area contributed by atoms with Crippen LogP contribution in [0.5, 0.6) is 0 Å². The number of anilines is 3. The highest BCUT2D eigenvalue weighted by Crippen LogP contribution is 2.25. The van der Waals surface area contributed by atoms with Gasteiger partial charge in [-0.15, -0.1) is 0 Å². The van der Waals surface area contributed by atoms with Crippen LogP contribution < -0.4 is 16.8 Å². The summed E-state index contributed by atoms with van der Waals surface area (Å²) in [4.78, 5) is 32.6. The van der Waals surface area contributed by atoms with Gasteiger partial charge in [0.15, 0.2) is 0 Å². The molecule has 0 atom stereocenters. The number of nitrogens with zero attached hydrogens (tertiary/aromatic N) is 3. The van der Waals surface area contributed by atoms with Crippen LogP contribution in [-0.2, 0) is 4.57 Å². The first-order valence-electron chi connectivity index (χ1n) is 3.65. The molecule has 0 unspecified atom stereocenters. The molecule has 1 rings (SSSR count). The smallest absolute Gasteiger partial charge is 0.368 e. The summed E-state index contributed by atoms with van der Waals surface area (Å²) in [5.74, 6) is 0.466. The van der Waals surface area contributed by atoms with E-state index in [1.165, 1.54) is 6.20 Å². The average molecular weight is 250 g/mol. The molecule has 1 aromatic rings. The maximum Gasteiger partial charge on any atom is 0.466 e. The molecule has 8 N–H and O–H groups in total. The molecule has 16 heavy (non-hydrogen) atoms. The van der Waals surface area contributed by atoms with Crippen molar-refractivity contribution in [2.45, 2.75) is 0 Å². The van der Waals surface area contributed by atoms with Crippen molar-refractivity contribution >= 4 is 25.7 Å². The van der Waals surface area contributed by atoms with Crippen LogP contribution in [0.1, 0.15) is 0 Å². The van der Waals surface area contributed by atoms with Crippen LogP contribution in [0.2, 0.25) is 0 Å². The predicted octanol–water partition coefficient (Wildman–Crippen LogP) is -1.34. The van der Waals surface area contributed by atoms with E-state index >= 15 is 0 Å². The van der Waals surface area contributed by atoms with Gasteiger partial charge >= 0.3 is 7.82 Å². The number of nitrogen functional groups attached to an aromatic ring is 2. The Balaban J connectivity index is 0.000000385. The molecule has 0 fully saturated rings. The summed E-state index contributed by atoms with van der Waals surface area (Å²) < 4.78 is 8.88. The molecule has 0 radical (unpaired) electrons. The van der Waals surface area contributed by atoms with E-state index in [1.54, 1.807) is 0 Å². The molecular weight excluding hydrogens is 239 g/mol. The monoisotopic (exact) mass is 250 g/mol. The average Bonchev–Trinajstić information content (AvgIpc) is 1.98. The Hall–Kier alpha value is -1.74. The number of aromatic nitrogens is 3. The first kappa shape index (κ1) is 14.3. The number of hydrogen-bond donors (Lipinski definition) is 6. The van der Waals surface area contributed by atoms with E-state index < -0.39 is 7.82 Å². The zero-order chi connectivity index (χ0) is 12.8. The van der Waals surface area contributed by atoms with Crippen molar-refractivity contribution in [3.05, 3.63) is 12.8 Å². The number of hydrogen-bond acceptors (Lipinski definition) is 7. The van der Waals surface area contributed by atoms with Crippen molar-refractivity contribution in [1.29, 1.82) is 0 Å². The lowest BCUT2D eigenvalue weighted by Crippen LogP contribution is -2.05. The van der Waals surface area contributed by atoms with Crippen molar-refractivity contribution in [2.75, 3.05) is 16.8 Å². The summed E-state index contributed by atoms with van der Waals surface area (Å²) in [5, 5.41) is 2.63. The summed E-state index contributed by atoms with van der Waals surface area (Å²) in [7, 11) is -4.64. The Morgan fingerprint density at radius 3 is 1.88 bits per heavy atom. The summed E-state index contributed by atoms with van der Waals surface area (Å²) >= 11 is 0. The summed E-state index contributed by atoms with van der Waals surface area (Å²) in [6.45, 7) is 3.42. The quantitative estimate of drug-likeness (QED) is 0.344. The molecule has 0 spiro atoms. The second-order valence-corrected chi connectivity index (χ2v) is 3.26. The lowest BCUT2D eigenvalue weighted by atomic mass is 10.8. The Kier molecular flexibility index (Phi) is 5.33. The molecular formula is C5H11N6O4P. The normalized spacial score (nSPS) is 9.94. The van der Waals surface area contributed by atoms with Crippen molar-refractivity contribution in [3.63, 3.8) is 0 Å². The fraction of sp³-hybridized carbons (Fsp3) is 0. The van der Waals surface area contributed by atoms with Crippen LogP contribution in [0.15, 0.2) is 12.8 Å². The summed E-state index contributed by atoms with van der Waals surface area (Å²) in [5.41, 5.74) is 10.5. The maximum absolute atomic E-state index is 8.88. The molecule has 0 aliphatic carbocycles. The minimum Gasteiger partial charge on any atom is -0.368 e. The standard InChI is InChI=1S/C5H8N6.H3O4P/c1-2-8-5-10-3(6)9-4(7)11-5;1-5(2,3)4/h2H,1H2,(H5,6,7,8,9,10,11);(H3,1,2,3,4). The molecule has 1 aromatic heterocycles. The Bertz CT molecular complexity index is 377. The molecule has 0 bridgehead atoms. The van der Waals surface area contributed by atoms with Crippen LogP contribution in [0.4, 0.5) is 17.8 Å². The summed E-state index contributed by atoms with van der Waals surface area (Å²) in [6, 6.07) is 0. The third-order valence-corrected chi connectivity index (χ3v) is 0.901. The van der Waals surface area contributed by atoms with Crippen LogP contribution in [0.3, 0.4) is 0 Å². The molecule has 1 heterocycles. The van der Waals surface area contributed by atoms with Crippen molar-refractivity contribution in [1.82, 2.24) is 15.0 Å². The number of nitrogens with two attached hydrogens (primary N) is 2. The second-order valence-electron chi connectivity index (χ2n) is 2.24. The van der Waals surface area contributed by atoms with Gasteiger partial charge in [0.25, 0.3) is 0 Å². The van der Waals surface area contributed by atoms with E-state index in [0.29, 0.717) is 5.95 Å². The van der Waals surface area contributed by atoms with Crippen LogP contribution in [-0.4, -0.2) is 29.6 Å². The first-order valence-corrected chi connectivity index (χ1v) is 5.21. The lowest BCUT2D eigenvalue weighted by molar-refractivity contribution is 0.275. The number of phosphoric acid groups is 1. The van der Waals surface area contributed by atoms with Crippen molar-refractivity contribution in [3.8, 4) is 0 Å². The highest BCUT2D eigenvalue weighted by molar-refractivity contribution is 7.45. The van der Waals surface area contributed by atoms with Crippen molar-refractivity contribution < 1.29 is 19.2 Å². The van der Waals surface area contributed by atoms with Gasteiger partial charge in [0.05, 0.1) is 0 Å². The minimum absolute atomic E-state index is 0.0850. The van der Waals surface area contributed by atoms with Crippen molar-refractivity contribution in [2.24, 2.45) is 0 Å². The van der Waals surface area contributed by atoms with Crippen LogP contribution in [0, 0.1) is 0 Å². The fourth-order valence-corrected chi connectivity index (χ4v) is 0.565. The van der Waals surface area contributed by atoms with E-state index in [9.17, 15) is 0 Å². The second kappa shape index (κ2) is 5.98. The third-order valence-electron chi connectivity index (χ3n) is 0.901. The molecule has 0 saturated carbocycles. The first-order chi connectivity index (χ1) is 7.22. The molecule has 11 heteroatoms. The molecule has 0 aromatic carbocycles. The van der Waals surface area contributed by atoms with E-state index in [1.807, 2.05) is 0 Å². The zero-order valence-electron chi connectivity index (χ0n) is 7.98. The van der Waals surface area contributed by atoms with Gasteiger partial charge in [0.2, 0.25) is 17.8 Å². The lowest BCUT2D eigenvalue weighted by Gasteiger charge is -1.99. The van der Waals surface area contributed by atoms with Crippen LogP contribution in [0.25, 0.3) is 0 Å². The zero-order valence-corrected chi connectivity index (χ0v) is 8.87. The van der Waals surface area contributed by atoms with Gasteiger partial charge in [-0.2, -0.15) is 15.0 Å². The largest absolute Gasteiger partial charge is 0.466 e. The maximum atomic E-state index is 8.88.